The molecule has 1 atom stereocenters. The number of nitrogens with one attached hydrogen (secondary N) is 2. The molecule has 0 aliphatic carbocycles. The second kappa shape index (κ2) is 8.48. The van der Waals surface area contributed by atoms with Gasteiger partial charge in [0.05, 0.1) is 12.6 Å². The zero-order valence-electron chi connectivity index (χ0n) is 10.6. The van der Waals surface area contributed by atoms with Gasteiger partial charge in [-0.15, -0.1) is 12.4 Å². The lowest BCUT2D eigenvalue weighted by Gasteiger charge is -2.25. The van der Waals surface area contributed by atoms with E-state index in [0.717, 1.165) is 25.6 Å². The lowest BCUT2D eigenvalue weighted by atomic mass is 9.97. The third kappa shape index (κ3) is 4.58. The van der Waals surface area contributed by atoms with Crippen molar-refractivity contribution in [2.24, 2.45) is 5.92 Å². The fraction of sp³-hybridized carbons (Fsp3) is 0.571. The molecule has 0 unspecified atom stereocenters. The van der Waals surface area contributed by atoms with E-state index in [0.29, 0.717) is 0 Å². The Balaban J connectivity index is 0.00000162. The largest absolute Gasteiger partial charge is 0.394 e. The van der Waals surface area contributed by atoms with Gasteiger partial charge in [0.2, 0.25) is 0 Å². The van der Waals surface area contributed by atoms with Gasteiger partial charge in [0.1, 0.15) is 0 Å². The summed E-state index contributed by atoms with van der Waals surface area (Å²) in [4.78, 5) is 0. The van der Waals surface area contributed by atoms with Crippen LogP contribution in [-0.4, -0.2) is 31.3 Å². The van der Waals surface area contributed by atoms with E-state index in [-0.39, 0.29) is 25.1 Å². The first-order valence-corrected chi connectivity index (χ1v) is 6.50. The highest BCUT2D eigenvalue weighted by atomic mass is 35.5. The Morgan fingerprint density at radius 2 is 1.89 bits per heavy atom. The highest BCUT2D eigenvalue weighted by Crippen LogP contribution is 2.15. The number of aliphatic hydroxyl groups is 1. The van der Waals surface area contributed by atoms with Crippen molar-refractivity contribution in [1.29, 1.82) is 0 Å². The lowest BCUT2D eigenvalue weighted by molar-refractivity contribution is 0.232. The summed E-state index contributed by atoms with van der Waals surface area (Å²) in [6, 6.07) is 10.2. The van der Waals surface area contributed by atoms with Gasteiger partial charge in [-0.05, 0) is 44.0 Å². The van der Waals surface area contributed by atoms with Gasteiger partial charge in [0, 0.05) is 0 Å². The molecule has 0 bridgehead atoms. The van der Waals surface area contributed by atoms with E-state index in [1.54, 1.807) is 0 Å². The molecule has 1 aromatic carbocycles. The highest BCUT2D eigenvalue weighted by Gasteiger charge is 2.15. The molecule has 0 saturated carbocycles. The molecule has 1 aromatic rings. The van der Waals surface area contributed by atoms with Crippen molar-refractivity contribution in [1.82, 2.24) is 10.6 Å². The smallest absolute Gasteiger partial charge is 0.0626 e. The van der Waals surface area contributed by atoms with Crippen molar-refractivity contribution >= 4 is 12.4 Å². The average Bonchev–Trinajstić information content (AvgIpc) is 2.42. The van der Waals surface area contributed by atoms with E-state index in [4.69, 9.17) is 0 Å². The van der Waals surface area contributed by atoms with Crippen LogP contribution in [0.25, 0.3) is 0 Å². The zero-order valence-corrected chi connectivity index (χ0v) is 11.5. The van der Waals surface area contributed by atoms with Crippen molar-refractivity contribution in [3.05, 3.63) is 35.9 Å². The maximum atomic E-state index is 9.43. The number of rotatable bonds is 5. The second-order valence-corrected chi connectivity index (χ2v) is 4.75. The summed E-state index contributed by atoms with van der Waals surface area (Å²) in [6.45, 7) is 3.42. The Morgan fingerprint density at radius 3 is 2.50 bits per heavy atom. The minimum Gasteiger partial charge on any atom is -0.394 e. The molecule has 3 nitrogen and oxygen atoms in total. The molecular formula is C14H23ClN2O. The maximum Gasteiger partial charge on any atom is 0.0626 e. The molecule has 4 heteroatoms. The third-order valence-corrected chi connectivity index (χ3v) is 3.50. The van der Waals surface area contributed by atoms with E-state index in [1.165, 1.54) is 18.4 Å². The van der Waals surface area contributed by atoms with Crippen LogP contribution < -0.4 is 10.6 Å². The summed E-state index contributed by atoms with van der Waals surface area (Å²) in [7, 11) is 0. The quantitative estimate of drug-likeness (QED) is 0.764. The predicted octanol–water partition coefficient (Wildman–Crippen LogP) is 1.73. The first-order chi connectivity index (χ1) is 8.40. The van der Waals surface area contributed by atoms with E-state index in [2.05, 4.69) is 22.8 Å². The molecule has 0 radical (unpaired) electrons. The van der Waals surface area contributed by atoms with E-state index >= 15 is 0 Å². The van der Waals surface area contributed by atoms with Crippen LogP contribution in [0.1, 0.15) is 24.4 Å². The van der Waals surface area contributed by atoms with Gasteiger partial charge < -0.3 is 15.7 Å². The van der Waals surface area contributed by atoms with E-state index in [1.807, 2.05) is 18.2 Å². The van der Waals surface area contributed by atoms with E-state index in [9.17, 15) is 5.11 Å². The Hall–Kier alpha value is -0.610. The fourth-order valence-corrected chi connectivity index (χ4v) is 2.37. The fourth-order valence-electron chi connectivity index (χ4n) is 2.37. The number of piperidine rings is 1. The molecule has 18 heavy (non-hydrogen) atoms. The average molecular weight is 271 g/mol. The molecule has 1 heterocycles. The van der Waals surface area contributed by atoms with Gasteiger partial charge in [-0.2, -0.15) is 0 Å². The Labute approximate surface area is 115 Å². The zero-order chi connectivity index (χ0) is 11.9. The molecule has 1 fully saturated rings. The molecule has 0 aromatic heterocycles. The standard InChI is InChI=1S/C14H22N2O.ClH/c17-11-14(13-4-2-1-3-5-13)16-10-12-6-8-15-9-7-12;/h1-5,12,14-17H,6-11H2;1H/t14-;/m1./s1. The number of halogens is 1. The number of hydrogen-bond acceptors (Lipinski definition) is 3. The van der Waals surface area contributed by atoms with Crippen molar-refractivity contribution in [3.63, 3.8) is 0 Å². The maximum absolute atomic E-state index is 9.43. The summed E-state index contributed by atoms with van der Waals surface area (Å²) in [5.74, 6) is 0.744. The summed E-state index contributed by atoms with van der Waals surface area (Å²) in [5.41, 5.74) is 1.17. The molecule has 1 saturated heterocycles. The van der Waals surface area contributed by atoms with Gasteiger partial charge in [0.25, 0.3) is 0 Å². The Kier molecular flexibility index (Phi) is 7.28. The van der Waals surface area contributed by atoms with Crippen molar-refractivity contribution < 1.29 is 5.11 Å². The van der Waals surface area contributed by atoms with Gasteiger partial charge in [-0.3, -0.25) is 0 Å². The predicted molar refractivity (Wildman–Crippen MR) is 77.1 cm³/mol. The van der Waals surface area contributed by atoms with Crippen LogP contribution in [0.5, 0.6) is 0 Å². The van der Waals surface area contributed by atoms with Crippen LogP contribution in [0, 0.1) is 5.92 Å². The van der Waals surface area contributed by atoms with Gasteiger partial charge >= 0.3 is 0 Å². The molecular weight excluding hydrogens is 248 g/mol. The molecule has 1 aliphatic heterocycles. The van der Waals surface area contributed by atoms with Crippen molar-refractivity contribution in [2.75, 3.05) is 26.2 Å². The Bertz CT molecular complexity index is 315. The normalized spacial score (nSPS) is 18.1. The first kappa shape index (κ1) is 15.4. The summed E-state index contributed by atoms with van der Waals surface area (Å²) in [6.07, 6.45) is 2.47. The summed E-state index contributed by atoms with van der Waals surface area (Å²) >= 11 is 0. The Morgan fingerprint density at radius 1 is 1.22 bits per heavy atom. The molecule has 0 spiro atoms. The van der Waals surface area contributed by atoms with Gasteiger partial charge in [-0.25, -0.2) is 0 Å². The van der Waals surface area contributed by atoms with Gasteiger partial charge in [-0.1, -0.05) is 30.3 Å². The third-order valence-electron chi connectivity index (χ3n) is 3.50. The summed E-state index contributed by atoms with van der Waals surface area (Å²) < 4.78 is 0. The molecule has 102 valence electrons. The van der Waals surface area contributed by atoms with Crippen LogP contribution in [0.4, 0.5) is 0 Å². The van der Waals surface area contributed by atoms with Crippen LogP contribution in [0.2, 0.25) is 0 Å². The molecule has 0 amide bonds. The number of aliphatic hydroxyl groups excluding tert-OH is 1. The van der Waals surface area contributed by atoms with Crippen LogP contribution in [0.15, 0.2) is 30.3 Å². The molecule has 1 aliphatic rings. The van der Waals surface area contributed by atoms with Crippen molar-refractivity contribution in [2.45, 2.75) is 18.9 Å². The molecule has 2 rings (SSSR count). The van der Waals surface area contributed by atoms with Gasteiger partial charge in [0.15, 0.2) is 0 Å². The SMILES string of the molecule is Cl.OC[C@@H](NCC1CCNCC1)c1ccccc1. The number of hydrogen-bond donors (Lipinski definition) is 3. The molecule has 3 N–H and O–H groups in total. The first-order valence-electron chi connectivity index (χ1n) is 6.50. The van der Waals surface area contributed by atoms with E-state index < -0.39 is 0 Å². The van der Waals surface area contributed by atoms with Crippen molar-refractivity contribution in [3.8, 4) is 0 Å². The number of benzene rings is 1. The summed E-state index contributed by atoms with van der Waals surface area (Å²) in [5, 5.41) is 16.3. The highest BCUT2D eigenvalue weighted by molar-refractivity contribution is 5.85. The second-order valence-electron chi connectivity index (χ2n) is 4.75. The lowest BCUT2D eigenvalue weighted by Crippen LogP contribution is -2.35. The topological polar surface area (TPSA) is 44.3 Å². The van der Waals surface area contributed by atoms with Crippen LogP contribution in [-0.2, 0) is 0 Å². The minimum absolute atomic E-state index is 0. The van der Waals surface area contributed by atoms with Crippen LogP contribution in [0.3, 0.4) is 0 Å². The minimum atomic E-state index is 0. The monoisotopic (exact) mass is 270 g/mol. The van der Waals surface area contributed by atoms with Crippen LogP contribution >= 0.6 is 12.4 Å².